The second-order valence-corrected chi connectivity index (χ2v) is 7.21. The lowest BCUT2D eigenvalue weighted by Gasteiger charge is -2.16. The number of hydrogen-bond acceptors (Lipinski definition) is 4. The van der Waals surface area contributed by atoms with Crippen LogP contribution < -0.4 is 10.9 Å². The van der Waals surface area contributed by atoms with Crippen molar-refractivity contribution in [1.82, 2.24) is 9.78 Å². The van der Waals surface area contributed by atoms with E-state index in [-0.39, 0.29) is 11.3 Å². The highest BCUT2D eigenvalue weighted by Gasteiger charge is 2.24. The average molecular weight is 411 g/mol. The van der Waals surface area contributed by atoms with Crippen molar-refractivity contribution in [2.75, 3.05) is 5.32 Å². The van der Waals surface area contributed by atoms with E-state index in [9.17, 15) is 14.7 Å². The molecule has 3 aromatic carbocycles. The molecule has 0 saturated heterocycles. The second-order valence-electron chi connectivity index (χ2n) is 7.21. The van der Waals surface area contributed by atoms with Gasteiger partial charge in [0, 0.05) is 23.9 Å². The van der Waals surface area contributed by atoms with Crippen molar-refractivity contribution < 1.29 is 9.90 Å². The SMILES string of the molecule is Cc1cc(O)ccc1NC(=O)c1c(-c2ccccc2)c(-c2ccccc2)nn(C)c1=O. The Morgan fingerprint density at radius 3 is 2.16 bits per heavy atom. The summed E-state index contributed by atoms with van der Waals surface area (Å²) < 4.78 is 1.19. The molecule has 0 radical (unpaired) electrons. The van der Waals surface area contributed by atoms with Gasteiger partial charge in [0.25, 0.3) is 11.5 Å². The molecule has 1 amide bonds. The molecule has 0 bridgehead atoms. The summed E-state index contributed by atoms with van der Waals surface area (Å²) in [5, 5.41) is 17.0. The van der Waals surface area contributed by atoms with Gasteiger partial charge >= 0.3 is 0 Å². The van der Waals surface area contributed by atoms with Crippen LogP contribution in [0.25, 0.3) is 22.4 Å². The van der Waals surface area contributed by atoms with E-state index in [1.54, 1.807) is 19.1 Å². The highest BCUT2D eigenvalue weighted by Crippen LogP contribution is 2.32. The fourth-order valence-corrected chi connectivity index (χ4v) is 3.50. The number of nitrogens with zero attached hydrogens (tertiary/aromatic N) is 2. The summed E-state index contributed by atoms with van der Waals surface area (Å²) >= 11 is 0. The first kappa shape index (κ1) is 20.1. The molecule has 2 N–H and O–H groups in total. The van der Waals surface area contributed by atoms with E-state index in [0.717, 1.165) is 11.1 Å². The summed E-state index contributed by atoms with van der Waals surface area (Å²) in [4.78, 5) is 26.5. The lowest BCUT2D eigenvalue weighted by Crippen LogP contribution is -2.31. The maximum Gasteiger partial charge on any atom is 0.280 e. The number of aryl methyl sites for hydroxylation is 2. The molecule has 0 fully saturated rings. The first-order valence-corrected chi connectivity index (χ1v) is 9.79. The number of aromatic hydroxyl groups is 1. The van der Waals surface area contributed by atoms with Crippen LogP contribution in [0.3, 0.4) is 0 Å². The fourth-order valence-electron chi connectivity index (χ4n) is 3.50. The van der Waals surface area contributed by atoms with Crippen LogP contribution in [0.15, 0.2) is 83.7 Å². The predicted octanol–water partition coefficient (Wildman–Crippen LogP) is 4.38. The number of anilines is 1. The van der Waals surface area contributed by atoms with Gasteiger partial charge in [-0.1, -0.05) is 60.7 Å². The highest BCUT2D eigenvalue weighted by molar-refractivity contribution is 6.10. The number of carbonyl (C=O) groups is 1. The van der Waals surface area contributed by atoms with Crippen molar-refractivity contribution in [3.8, 4) is 28.1 Å². The standard InChI is InChI=1S/C25H21N3O3/c1-16-15-19(29)13-14-20(16)26-24(30)22-21(17-9-5-3-6-10-17)23(27-28(2)25(22)31)18-11-7-4-8-12-18/h3-15,29H,1-2H3,(H,26,30). The minimum absolute atomic E-state index is 0.00929. The van der Waals surface area contributed by atoms with E-state index < -0.39 is 11.5 Å². The molecular formula is C25H21N3O3. The molecule has 1 heterocycles. The van der Waals surface area contributed by atoms with Gasteiger partial charge in [0.05, 0.1) is 5.69 Å². The van der Waals surface area contributed by atoms with Crippen molar-refractivity contribution in [1.29, 1.82) is 0 Å². The quantitative estimate of drug-likeness (QED) is 0.488. The third-order valence-corrected chi connectivity index (χ3v) is 5.04. The second kappa shape index (κ2) is 8.28. The van der Waals surface area contributed by atoms with Crippen molar-refractivity contribution >= 4 is 11.6 Å². The van der Waals surface area contributed by atoms with Crippen LogP contribution >= 0.6 is 0 Å². The minimum Gasteiger partial charge on any atom is -0.508 e. The monoisotopic (exact) mass is 411 g/mol. The summed E-state index contributed by atoms with van der Waals surface area (Å²) in [5.74, 6) is -0.431. The molecule has 0 unspecified atom stereocenters. The van der Waals surface area contributed by atoms with Crippen molar-refractivity contribution in [2.24, 2.45) is 7.05 Å². The first-order chi connectivity index (χ1) is 15.0. The number of aromatic nitrogens is 2. The van der Waals surface area contributed by atoms with Crippen molar-refractivity contribution in [3.05, 3.63) is 100 Å². The zero-order valence-corrected chi connectivity index (χ0v) is 17.2. The molecule has 0 atom stereocenters. The van der Waals surface area contributed by atoms with Gasteiger partial charge in [-0.15, -0.1) is 0 Å². The number of amides is 1. The normalized spacial score (nSPS) is 10.6. The van der Waals surface area contributed by atoms with Crippen LogP contribution in [-0.2, 0) is 7.05 Å². The Balaban J connectivity index is 1.95. The smallest absolute Gasteiger partial charge is 0.280 e. The van der Waals surface area contributed by atoms with Gasteiger partial charge in [-0.25, -0.2) is 4.68 Å². The highest BCUT2D eigenvalue weighted by atomic mass is 16.3. The van der Waals surface area contributed by atoms with E-state index in [0.29, 0.717) is 22.5 Å². The molecule has 6 nitrogen and oxygen atoms in total. The molecule has 1 aromatic heterocycles. The zero-order chi connectivity index (χ0) is 22.0. The maximum atomic E-state index is 13.4. The summed E-state index contributed by atoms with van der Waals surface area (Å²) in [6.07, 6.45) is 0. The summed E-state index contributed by atoms with van der Waals surface area (Å²) in [5.41, 5.74) is 3.25. The van der Waals surface area contributed by atoms with Gasteiger partial charge in [0.2, 0.25) is 0 Å². The fraction of sp³-hybridized carbons (Fsp3) is 0.0800. The topological polar surface area (TPSA) is 84.2 Å². The zero-order valence-electron chi connectivity index (χ0n) is 17.2. The maximum absolute atomic E-state index is 13.4. The molecule has 0 saturated carbocycles. The van der Waals surface area contributed by atoms with Gasteiger partial charge < -0.3 is 10.4 Å². The summed E-state index contributed by atoms with van der Waals surface area (Å²) in [6.45, 7) is 1.77. The Morgan fingerprint density at radius 2 is 1.55 bits per heavy atom. The Morgan fingerprint density at radius 1 is 0.935 bits per heavy atom. The Labute approximate surface area is 179 Å². The predicted molar refractivity (Wildman–Crippen MR) is 121 cm³/mol. The van der Waals surface area contributed by atoms with Crippen LogP contribution in [0.5, 0.6) is 5.75 Å². The Bertz CT molecular complexity index is 1310. The van der Waals surface area contributed by atoms with E-state index in [2.05, 4.69) is 10.4 Å². The molecule has 154 valence electrons. The molecule has 4 aromatic rings. The molecule has 0 aliphatic carbocycles. The van der Waals surface area contributed by atoms with Gasteiger partial charge in [-0.3, -0.25) is 9.59 Å². The van der Waals surface area contributed by atoms with E-state index in [4.69, 9.17) is 0 Å². The van der Waals surface area contributed by atoms with Crippen molar-refractivity contribution in [2.45, 2.75) is 6.92 Å². The Hall–Kier alpha value is -4.19. The number of nitrogens with one attached hydrogen (secondary N) is 1. The first-order valence-electron chi connectivity index (χ1n) is 9.79. The molecule has 0 spiro atoms. The minimum atomic E-state index is -0.534. The lowest BCUT2D eigenvalue weighted by atomic mass is 9.95. The van der Waals surface area contributed by atoms with Gasteiger partial charge in [-0.2, -0.15) is 5.10 Å². The Kier molecular flexibility index (Phi) is 5.37. The van der Waals surface area contributed by atoms with Crippen molar-refractivity contribution in [3.63, 3.8) is 0 Å². The largest absolute Gasteiger partial charge is 0.508 e. The molecule has 0 aliphatic rings. The van der Waals surface area contributed by atoms with Crippen LogP contribution in [0.4, 0.5) is 5.69 Å². The van der Waals surface area contributed by atoms with E-state index in [1.807, 2.05) is 60.7 Å². The van der Waals surface area contributed by atoms with Gasteiger partial charge in [0.15, 0.2) is 0 Å². The third-order valence-electron chi connectivity index (χ3n) is 5.04. The number of rotatable bonds is 4. The van der Waals surface area contributed by atoms with Crippen LogP contribution in [0.1, 0.15) is 15.9 Å². The lowest BCUT2D eigenvalue weighted by molar-refractivity contribution is 0.102. The average Bonchev–Trinajstić information content (AvgIpc) is 2.78. The molecule has 6 heteroatoms. The molecule has 31 heavy (non-hydrogen) atoms. The van der Waals surface area contributed by atoms with Gasteiger partial charge in [-0.05, 0) is 36.2 Å². The number of hydrogen-bond donors (Lipinski definition) is 2. The van der Waals surface area contributed by atoms with E-state index in [1.165, 1.54) is 17.8 Å². The summed E-state index contributed by atoms with van der Waals surface area (Å²) in [7, 11) is 1.53. The number of phenolic OH excluding ortho intramolecular Hbond substituents is 1. The van der Waals surface area contributed by atoms with Crippen LogP contribution in [-0.4, -0.2) is 20.8 Å². The third kappa shape index (κ3) is 3.96. The van der Waals surface area contributed by atoms with Gasteiger partial charge in [0.1, 0.15) is 11.3 Å². The molecule has 0 aliphatic heterocycles. The number of carbonyl (C=O) groups excluding carboxylic acids is 1. The van der Waals surface area contributed by atoms with Crippen LogP contribution in [0.2, 0.25) is 0 Å². The van der Waals surface area contributed by atoms with E-state index >= 15 is 0 Å². The number of phenols is 1. The molecular weight excluding hydrogens is 390 g/mol. The summed E-state index contributed by atoms with van der Waals surface area (Å²) in [6, 6.07) is 23.4. The number of benzene rings is 3. The molecule has 4 rings (SSSR count). The van der Waals surface area contributed by atoms with Crippen LogP contribution in [0, 0.1) is 6.92 Å².